The minimum atomic E-state index is -0.836. The van der Waals surface area contributed by atoms with Crippen LogP contribution in [0.4, 0.5) is 0 Å². The van der Waals surface area contributed by atoms with E-state index in [0.717, 1.165) is 36.1 Å². The summed E-state index contributed by atoms with van der Waals surface area (Å²) in [6.45, 7) is 2.91. The normalized spacial score (nSPS) is 26.6. The molecule has 0 saturated heterocycles. The van der Waals surface area contributed by atoms with Crippen LogP contribution >= 0.6 is 0 Å². The summed E-state index contributed by atoms with van der Waals surface area (Å²) in [6.07, 6.45) is 11.5. The van der Waals surface area contributed by atoms with Crippen molar-refractivity contribution in [1.29, 1.82) is 0 Å². The Labute approximate surface area is 276 Å². The quantitative estimate of drug-likeness (QED) is 0.232. The Balaban J connectivity index is 1.02. The number of carbonyl (C=O) groups is 1. The van der Waals surface area contributed by atoms with Gasteiger partial charge in [-0.25, -0.2) is 0 Å². The lowest BCUT2D eigenvalue weighted by Gasteiger charge is -2.46. The van der Waals surface area contributed by atoms with E-state index in [1.54, 1.807) is 18.2 Å². The third-order valence-electron chi connectivity index (χ3n) is 10.9. The van der Waals surface area contributed by atoms with Gasteiger partial charge in [-0.2, -0.15) is 0 Å². The fourth-order valence-electron chi connectivity index (χ4n) is 8.81. The number of aliphatic hydroxyl groups is 2. The molecule has 1 saturated carbocycles. The summed E-state index contributed by atoms with van der Waals surface area (Å²) in [5.74, 6) is 1.21. The molecule has 3 heterocycles. The molecule has 5 N–H and O–H groups in total. The molecule has 0 aromatic heterocycles. The second-order valence-corrected chi connectivity index (χ2v) is 14.0. The van der Waals surface area contributed by atoms with Gasteiger partial charge in [0.05, 0.1) is 17.9 Å². The van der Waals surface area contributed by atoms with Gasteiger partial charge in [0.1, 0.15) is 11.9 Å². The fraction of sp³-hybridized carbons (Fsp3) is 0.500. The van der Waals surface area contributed by atoms with Gasteiger partial charge in [0.2, 0.25) is 0 Å². The van der Waals surface area contributed by atoms with Crippen molar-refractivity contribution >= 4 is 18.2 Å². The van der Waals surface area contributed by atoms with Crippen molar-refractivity contribution in [3.05, 3.63) is 81.7 Å². The van der Waals surface area contributed by atoms with Gasteiger partial charge in [-0.3, -0.25) is 14.8 Å². The van der Waals surface area contributed by atoms with E-state index in [0.29, 0.717) is 37.0 Å². The number of benzene rings is 2. The smallest absolute Gasteiger partial charge is 0.163 e. The number of carbonyl (C=O) groups excluding carboxylic acids is 1. The molecule has 0 bridgehead atoms. The number of phenols is 1. The van der Waals surface area contributed by atoms with Crippen LogP contribution in [0.5, 0.6) is 11.5 Å². The molecule has 3 aliphatic heterocycles. The van der Waals surface area contributed by atoms with Crippen LogP contribution < -0.4 is 10.5 Å². The predicted octanol–water partition coefficient (Wildman–Crippen LogP) is 5.34. The Morgan fingerprint density at radius 3 is 2.94 bits per heavy atom. The number of phenolic OH excluding ortho intramolecular Hbond substituents is 1. The number of aryl methyl sites for hydroxylation is 1. The summed E-state index contributed by atoms with van der Waals surface area (Å²) in [5.41, 5.74) is 14.8. The fourth-order valence-corrected chi connectivity index (χ4v) is 8.81. The molecular formula is C38H46N4O5. The molecule has 0 amide bonds. The van der Waals surface area contributed by atoms with Crippen LogP contribution in [-0.2, 0) is 16.6 Å². The minimum absolute atomic E-state index is 0.0311. The van der Waals surface area contributed by atoms with Crippen LogP contribution in [0.2, 0.25) is 0 Å². The molecule has 6 atom stereocenters. The van der Waals surface area contributed by atoms with E-state index in [2.05, 4.69) is 46.7 Å². The third kappa shape index (κ3) is 5.94. The van der Waals surface area contributed by atoms with E-state index in [9.17, 15) is 20.1 Å². The number of hydrogen-bond donors (Lipinski definition) is 4. The highest BCUT2D eigenvalue weighted by atomic mass is 16.5. The average Bonchev–Trinajstić information content (AvgIpc) is 3.77. The van der Waals surface area contributed by atoms with Crippen molar-refractivity contribution in [3.63, 3.8) is 0 Å². The lowest BCUT2D eigenvalue weighted by molar-refractivity contribution is -0.121. The molecular weight excluding hydrogens is 592 g/mol. The number of ether oxygens (including phenoxy) is 1. The molecule has 2 aromatic carbocycles. The largest absolute Gasteiger partial charge is 0.504 e. The van der Waals surface area contributed by atoms with Crippen LogP contribution in [-0.4, -0.2) is 63.9 Å². The Hall–Kier alpha value is -3.79. The number of aromatic hydroxyl groups is 1. The monoisotopic (exact) mass is 638 g/mol. The standard InChI is InChI=1S/C38H46N4O5/c1-2-5-26(43)16-28(45)17-27(44)11-9-23-10-12-34(46)35(14-23)47-22-42-20-30-32(19-40-33(30)21-42)38-13-4-6-25(38)15-24-18-41-37(39)29-7-3-8-31(38)36(24)29/h3,7-8,10,12,14,18-19,21,24-26,28,37,43,45-46H,2,4-6,9,11,13,15-17,20,22,39H2,1H3. The van der Waals surface area contributed by atoms with E-state index in [-0.39, 0.29) is 49.1 Å². The van der Waals surface area contributed by atoms with Crippen molar-refractivity contribution in [3.8, 4) is 11.5 Å². The second kappa shape index (κ2) is 13.0. The zero-order valence-electron chi connectivity index (χ0n) is 27.1. The Bertz CT molecular complexity index is 1660. The van der Waals surface area contributed by atoms with Gasteiger partial charge >= 0.3 is 0 Å². The van der Waals surface area contributed by atoms with Crippen LogP contribution in [0.25, 0.3) is 0 Å². The molecule has 2 aromatic rings. The molecule has 5 aliphatic rings. The highest BCUT2D eigenvalue weighted by Crippen LogP contribution is 2.61. The molecule has 1 fully saturated rings. The van der Waals surface area contributed by atoms with E-state index in [1.807, 2.05) is 6.92 Å². The molecule has 248 valence electrons. The molecule has 0 radical (unpaired) electrons. The molecule has 7 rings (SSSR count). The maximum Gasteiger partial charge on any atom is 0.163 e. The predicted molar refractivity (Wildman–Crippen MR) is 182 cm³/mol. The number of aliphatic imine (C=N–C) groups is 2. The van der Waals surface area contributed by atoms with Crippen molar-refractivity contribution in [2.24, 2.45) is 21.6 Å². The molecule has 47 heavy (non-hydrogen) atoms. The first-order chi connectivity index (χ1) is 22.8. The summed E-state index contributed by atoms with van der Waals surface area (Å²) in [7, 11) is 0. The second-order valence-electron chi connectivity index (χ2n) is 14.0. The highest BCUT2D eigenvalue weighted by Gasteiger charge is 2.54. The van der Waals surface area contributed by atoms with Crippen LogP contribution in [0, 0.1) is 5.92 Å². The molecule has 0 spiro atoms. The first-order valence-corrected chi connectivity index (χ1v) is 17.3. The number of ketones is 1. The van der Waals surface area contributed by atoms with Gasteiger partial charge < -0.3 is 30.7 Å². The maximum atomic E-state index is 12.5. The Morgan fingerprint density at radius 2 is 2.09 bits per heavy atom. The zero-order chi connectivity index (χ0) is 32.7. The SMILES string of the molecule is CCCC(O)CC(O)CC(=O)CCc1ccc(O)c(OCN2C=C3N=CC(C45CCCC4CC4C=NC(N)c6cccc5c64)=C3C2)c1. The minimum Gasteiger partial charge on any atom is -0.504 e. The number of nitrogens with zero attached hydrogens (tertiary/aromatic N) is 3. The first-order valence-electron chi connectivity index (χ1n) is 17.3. The number of fused-ring (bicyclic) bond motifs is 3. The Morgan fingerprint density at radius 1 is 1.21 bits per heavy atom. The van der Waals surface area contributed by atoms with E-state index in [4.69, 9.17) is 15.5 Å². The van der Waals surface area contributed by atoms with Crippen molar-refractivity contribution in [2.45, 2.75) is 101 Å². The van der Waals surface area contributed by atoms with Crippen LogP contribution in [0.15, 0.2) is 69.4 Å². The summed E-state index contributed by atoms with van der Waals surface area (Å²) in [5, 5.41) is 30.7. The summed E-state index contributed by atoms with van der Waals surface area (Å²) < 4.78 is 6.13. The van der Waals surface area contributed by atoms with E-state index >= 15 is 0 Å². The lowest BCUT2D eigenvalue weighted by atomic mass is 9.57. The molecule has 6 unspecified atom stereocenters. The number of Topliss-reactive ketones (excluding diaryl/α,β-unsaturated/α-hetero) is 1. The van der Waals surface area contributed by atoms with E-state index < -0.39 is 12.2 Å². The topological polar surface area (TPSA) is 141 Å². The van der Waals surface area contributed by atoms with Crippen molar-refractivity contribution in [2.75, 3.05) is 13.3 Å². The van der Waals surface area contributed by atoms with Crippen molar-refractivity contribution < 1.29 is 24.9 Å². The molecule has 9 heteroatoms. The Kier molecular flexibility index (Phi) is 8.80. The summed E-state index contributed by atoms with van der Waals surface area (Å²) in [4.78, 5) is 24.1. The average molecular weight is 639 g/mol. The van der Waals surface area contributed by atoms with Gasteiger partial charge in [0.25, 0.3) is 0 Å². The highest BCUT2D eigenvalue weighted by molar-refractivity contribution is 5.91. The van der Waals surface area contributed by atoms with Crippen LogP contribution in [0.3, 0.4) is 0 Å². The number of hydrogen-bond acceptors (Lipinski definition) is 9. The number of nitrogens with two attached hydrogens (primary N) is 1. The molecule has 2 aliphatic carbocycles. The summed E-state index contributed by atoms with van der Waals surface area (Å²) >= 11 is 0. The number of aliphatic hydroxyl groups excluding tert-OH is 2. The first kappa shape index (κ1) is 31.8. The maximum absolute atomic E-state index is 12.5. The van der Waals surface area contributed by atoms with Gasteiger partial charge in [-0.15, -0.1) is 0 Å². The third-order valence-corrected chi connectivity index (χ3v) is 10.9. The van der Waals surface area contributed by atoms with Gasteiger partial charge in [0, 0.05) is 54.9 Å². The number of rotatable bonds is 13. The zero-order valence-corrected chi connectivity index (χ0v) is 27.1. The van der Waals surface area contributed by atoms with Gasteiger partial charge in [-0.1, -0.05) is 44.0 Å². The lowest BCUT2D eigenvalue weighted by Crippen LogP contribution is -2.42. The van der Waals surface area contributed by atoms with Gasteiger partial charge in [0.15, 0.2) is 18.2 Å². The summed E-state index contributed by atoms with van der Waals surface area (Å²) in [6, 6.07) is 11.8. The van der Waals surface area contributed by atoms with Crippen molar-refractivity contribution in [1.82, 2.24) is 4.90 Å². The number of allylic oxidation sites excluding steroid dienone is 1. The van der Waals surface area contributed by atoms with E-state index in [1.165, 1.54) is 35.1 Å². The van der Waals surface area contributed by atoms with Crippen LogP contribution in [0.1, 0.15) is 99.0 Å². The molecule has 9 nitrogen and oxygen atoms in total. The van der Waals surface area contributed by atoms with Gasteiger partial charge in [-0.05, 0) is 84.4 Å².